The fourth-order valence-electron chi connectivity index (χ4n) is 2.05. The highest BCUT2D eigenvalue weighted by atomic mass is 32.1. The van der Waals surface area contributed by atoms with Gasteiger partial charge in [-0.1, -0.05) is 6.07 Å². The van der Waals surface area contributed by atoms with Gasteiger partial charge in [-0.25, -0.2) is 0 Å². The summed E-state index contributed by atoms with van der Waals surface area (Å²) in [4.78, 5) is 25.8. The number of hydrogen-bond donors (Lipinski definition) is 1. The highest BCUT2D eigenvalue weighted by Crippen LogP contribution is 2.17. The van der Waals surface area contributed by atoms with Crippen molar-refractivity contribution in [2.75, 3.05) is 13.1 Å². The number of thiophene rings is 1. The van der Waals surface area contributed by atoms with E-state index in [-0.39, 0.29) is 17.7 Å². The van der Waals surface area contributed by atoms with E-state index in [2.05, 4.69) is 0 Å². The molecule has 0 bridgehead atoms. The number of nitrogens with two attached hydrogens (primary N) is 1. The van der Waals surface area contributed by atoms with Crippen LogP contribution in [-0.4, -0.2) is 29.8 Å². The highest BCUT2D eigenvalue weighted by molar-refractivity contribution is 7.10. The van der Waals surface area contributed by atoms with Crippen LogP contribution >= 0.6 is 11.3 Å². The molecule has 2 heterocycles. The van der Waals surface area contributed by atoms with Crippen molar-refractivity contribution < 1.29 is 9.59 Å². The van der Waals surface area contributed by atoms with Crippen LogP contribution in [0.1, 0.15) is 17.7 Å². The molecular formula is C13H16N2O2S. The Bertz CT molecular complexity index is 454. The summed E-state index contributed by atoms with van der Waals surface area (Å²) in [6.07, 6.45) is 5.00. The summed E-state index contributed by atoms with van der Waals surface area (Å²) in [5.74, 6) is -0.554. The average Bonchev–Trinajstić information content (AvgIpc) is 2.89. The number of piperidine rings is 1. The molecule has 1 unspecified atom stereocenters. The fourth-order valence-corrected chi connectivity index (χ4v) is 2.67. The van der Waals surface area contributed by atoms with Gasteiger partial charge in [-0.05, 0) is 30.4 Å². The predicted molar refractivity (Wildman–Crippen MR) is 71.9 cm³/mol. The van der Waals surface area contributed by atoms with Crippen LogP contribution in [-0.2, 0) is 9.59 Å². The molecule has 0 spiro atoms. The Morgan fingerprint density at radius 2 is 2.33 bits per heavy atom. The van der Waals surface area contributed by atoms with E-state index in [4.69, 9.17) is 5.73 Å². The highest BCUT2D eigenvalue weighted by Gasteiger charge is 2.25. The van der Waals surface area contributed by atoms with E-state index in [9.17, 15) is 9.59 Å². The molecule has 1 saturated heterocycles. The van der Waals surface area contributed by atoms with E-state index < -0.39 is 0 Å². The molecule has 0 radical (unpaired) electrons. The first-order chi connectivity index (χ1) is 8.66. The van der Waals surface area contributed by atoms with Gasteiger partial charge in [-0.15, -0.1) is 11.3 Å². The van der Waals surface area contributed by atoms with E-state index in [1.807, 2.05) is 17.5 Å². The fraction of sp³-hybridized carbons (Fsp3) is 0.385. The molecule has 1 atom stereocenters. The summed E-state index contributed by atoms with van der Waals surface area (Å²) in [6.45, 7) is 1.15. The Morgan fingerprint density at radius 1 is 1.50 bits per heavy atom. The number of rotatable bonds is 3. The lowest BCUT2D eigenvalue weighted by atomic mass is 9.97. The van der Waals surface area contributed by atoms with E-state index >= 15 is 0 Å². The third-order valence-electron chi connectivity index (χ3n) is 3.07. The second kappa shape index (κ2) is 5.82. The van der Waals surface area contributed by atoms with Gasteiger partial charge in [0.05, 0.1) is 5.92 Å². The Kier molecular flexibility index (Phi) is 4.15. The largest absolute Gasteiger partial charge is 0.369 e. The molecule has 96 valence electrons. The first kappa shape index (κ1) is 12.8. The van der Waals surface area contributed by atoms with Crippen LogP contribution in [0.3, 0.4) is 0 Å². The summed E-state index contributed by atoms with van der Waals surface area (Å²) >= 11 is 1.59. The summed E-state index contributed by atoms with van der Waals surface area (Å²) in [7, 11) is 0. The van der Waals surface area contributed by atoms with Gasteiger partial charge in [0, 0.05) is 24.0 Å². The van der Waals surface area contributed by atoms with Gasteiger partial charge < -0.3 is 10.6 Å². The summed E-state index contributed by atoms with van der Waals surface area (Å²) in [5, 5.41) is 1.97. The van der Waals surface area contributed by atoms with Crippen molar-refractivity contribution in [3.8, 4) is 0 Å². The zero-order chi connectivity index (χ0) is 13.0. The lowest BCUT2D eigenvalue weighted by molar-refractivity contribution is -0.130. The molecule has 0 aliphatic carbocycles. The number of amides is 2. The Labute approximate surface area is 110 Å². The molecule has 2 amide bonds. The molecule has 0 aromatic carbocycles. The second-order valence-electron chi connectivity index (χ2n) is 4.37. The summed E-state index contributed by atoms with van der Waals surface area (Å²) in [5.41, 5.74) is 5.29. The maximum Gasteiger partial charge on any atom is 0.246 e. The molecule has 1 aliphatic heterocycles. The molecule has 2 N–H and O–H groups in total. The van der Waals surface area contributed by atoms with Crippen LogP contribution in [0.4, 0.5) is 0 Å². The van der Waals surface area contributed by atoms with Crippen molar-refractivity contribution in [3.05, 3.63) is 28.5 Å². The minimum atomic E-state index is -0.310. The van der Waals surface area contributed by atoms with Crippen molar-refractivity contribution >= 4 is 29.2 Å². The minimum Gasteiger partial charge on any atom is -0.369 e. The Hall–Kier alpha value is -1.62. The monoisotopic (exact) mass is 264 g/mol. The van der Waals surface area contributed by atoms with Gasteiger partial charge in [0.1, 0.15) is 0 Å². The SMILES string of the molecule is NC(=O)C1CCCN(C(=O)C=Cc2cccs2)C1. The maximum absolute atomic E-state index is 12.0. The summed E-state index contributed by atoms with van der Waals surface area (Å²) < 4.78 is 0. The Balaban J connectivity index is 1.94. The van der Waals surface area contributed by atoms with Crippen molar-refractivity contribution in [2.24, 2.45) is 11.7 Å². The molecular weight excluding hydrogens is 248 g/mol. The molecule has 0 saturated carbocycles. The smallest absolute Gasteiger partial charge is 0.246 e. The van der Waals surface area contributed by atoms with Gasteiger partial charge in [0.2, 0.25) is 11.8 Å². The number of carbonyl (C=O) groups excluding carboxylic acids is 2. The lowest BCUT2D eigenvalue weighted by Gasteiger charge is -2.30. The second-order valence-corrected chi connectivity index (χ2v) is 5.35. The molecule has 18 heavy (non-hydrogen) atoms. The van der Waals surface area contributed by atoms with Crippen LogP contribution < -0.4 is 5.73 Å². The van der Waals surface area contributed by atoms with Crippen LogP contribution in [0, 0.1) is 5.92 Å². The van der Waals surface area contributed by atoms with Gasteiger partial charge >= 0.3 is 0 Å². The van der Waals surface area contributed by atoms with Gasteiger partial charge in [-0.2, -0.15) is 0 Å². The standard InChI is InChI=1S/C13H16N2O2S/c14-13(17)10-3-1-7-15(9-10)12(16)6-5-11-4-2-8-18-11/h2,4-6,8,10H,1,3,7,9H2,(H2,14,17). The van der Waals surface area contributed by atoms with Crippen LogP contribution in [0.5, 0.6) is 0 Å². The normalized spacial score (nSPS) is 20.2. The molecule has 5 heteroatoms. The number of carbonyl (C=O) groups is 2. The third-order valence-corrected chi connectivity index (χ3v) is 3.91. The van der Waals surface area contributed by atoms with E-state index in [1.54, 1.807) is 28.4 Å². The number of hydrogen-bond acceptors (Lipinski definition) is 3. The van der Waals surface area contributed by atoms with Crippen LogP contribution in [0.25, 0.3) is 6.08 Å². The first-order valence-electron chi connectivity index (χ1n) is 5.96. The van der Waals surface area contributed by atoms with E-state index in [0.717, 1.165) is 17.7 Å². The zero-order valence-corrected chi connectivity index (χ0v) is 10.9. The molecule has 2 rings (SSSR count). The number of likely N-dealkylation sites (tertiary alicyclic amines) is 1. The average molecular weight is 264 g/mol. The first-order valence-corrected chi connectivity index (χ1v) is 6.84. The number of primary amides is 1. The Morgan fingerprint density at radius 3 is 3.00 bits per heavy atom. The van der Waals surface area contributed by atoms with Gasteiger partial charge in [0.15, 0.2) is 0 Å². The minimum absolute atomic E-state index is 0.0469. The number of nitrogens with zero attached hydrogens (tertiary/aromatic N) is 1. The molecule has 1 aromatic heterocycles. The van der Waals surface area contributed by atoms with Gasteiger partial charge in [0.25, 0.3) is 0 Å². The predicted octanol–water partition coefficient (Wildman–Crippen LogP) is 1.49. The van der Waals surface area contributed by atoms with Gasteiger partial charge in [-0.3, -0.25) is 9.59 Å². The van der Waals surface area contributed by atoms with Crippen molar-refractivity contribution in [1.82, 2.24) is 4.90 Å². The lowest BCUT2D eigenvalue weighted by Crippen LogP contribution is -2.43. The van der Waals surface area contributed by atoms with Crippen LogP contribution in [0.15, 0.2) is 23.6 Å². The van der Waals surface area contributed by atoms with E-state index in [1.165, 1.54) is 0 Å². The molecule has 4 nitrogen and oxygen atoms in total. The summed E-state index contributed by atoms with van der Waals surface area (Å²) in [6, 6.07) is 3.90. The molecule has 1 aliphatic rings. The van der Waals surface area contributed by atoms with Crippen molar-refractivity contribution in [1.29, 1.82) is 0 Å². The van der Waals surface area contributed by atoms with Crippen LogP contribution in [0.2, 0.25) is 0 Å². The quantitative estimate of drug-likeness (QED) is 0.841. The topological polar surface area (TPSA) is 63.4 Å². The maximum atomic E-state index is 12.0. The zero-order valence-electron chi connectivity index (χ0n) is 10.0. The molecule has 1 aromatic rings. The third kappa shape index (κ3) is 3.20. The van der Waals surface area contributed by atoms with Crippen molar-refractivity contribution in [2.45, 2.75) is 12.8 Å². The molecule has 1 fully saturated rings. The van der Waals surface area contributed by atoms with E-state index in [0.29, 0.717) is 13.1 Å². The van der Waals surface area contributed by atoms with Crippen molar-refractivity contribution in [3.63, 3.8) is 0 Å².